The van der Waals surface area contributed by atoms with Gasteiger partial charge in [0, 0.05) is 17.3 Å². The van der Waals surface area contributed by atoms with Crippen LogP contribution >= 0.6 is 0 Å². The molecule has 6 N–H and O–H groups in total. The van der Waals surface area contributed by atoms with Gasteiger partial charge in [0.25, 0.3) is 0 Å². The zero-order valence-electron chi connectivity index (χ0n) is 14.4. The highest BCUT2D eigenvalue weighted by Crippen LogP contribution is 2.27. The standard InChI is InChI=1S/C20H18N6O/c21-15-4-1-12(2-5-15)9-19(27)24-18-11-14(7-8-23-18)13-3-6-17-16(10-13)20(22)26-25-17/h1-8,10-11H,9,21H2,(H3,22,25,26)(H,23,24,27). The fraction of sp³-hybridized carbons (Fsp3) is 0.0500. The van der Waals surface area contributed by atoms with Crippen molar-refractivity contribution in [3.05, 3.63) is 66.4 Å². The third-order valence-electron chi connectivity index (χ3n) is 4.30. The zero-order chi connectivity index (χ0) is 18.8. The van der Waals surface area contributed by atoms with Crippen molar-refractivity contribution in [2.24, 2.45) is 0 Å². The highest BCUT2D eigenvalue weighted by atomic mass is 16.1. The van der Waals surface area contributed by atoms with E-state index in [-0.39, 0.29) is 12.3 Å². The highest BCUT2D eigenvalue weighted by Gasteiger charge is 2.08. The average molecular weight is 358 g/mol. The van der Waals surface area contributed by atoms with E-state index >= 15 is 0 Å². The van der Waals surface area contributed by atoms with Crippen LogP contribution in [0.15, 0.2) is 60.8 Å². The minimum absolute atomic E-state index is 0.140. The summed E-state index contributed by atoms with van der Waals surface area (Å²) < 4.78 is 0. The molecule has 0 radical (unpaired) electrons. The molecule has 7 nitrogen and oxygen atoms in total. The lowest BCUT2D eigenvalue weighted by atomic mass is 10.0. The number of nitrogens with one attached hydrogen (secondary N) is 2. The van der Waals surface area contributed by atoms with E-state index in [0.717, 1.165) is 27.6 Å². The third kappa shape index (κ3) is 3.57. The smallest absolute Gasteiger partial charge is 0.229 e. The number of benzene rings is 2. The van der Waals surface area contributed by atoms with Crippen LogP contribution in [0.2, 0.25) is 0 Å². The molecule has 2 heterocycles. The summed E-state index contributed by atoms with van der Waals surface area (Å²) in [7, 11) is 0. The lowest BCUT2D eigenvalue weighted by molar-refractivity contribution is -0.115. The summed E-state index contributed by atoms with van der Waals surface area (Å²) in [5.74, 6) is 0.810. The van der Waals surface area contributed by atoms with Crippen molar-refractivity contribution in [2.75, 3.05) is 16.8 Å². The molecule has 1 amide bonds. The Morgan fingerprint density at radius 1 is 1.00 bits per heavy atom. The molecule has 2 aromatic carbocycles. The van der Waals surface area contributed by atoms with Crippen molar-refractivity contribution in [2.45, 2.75) is 6.42 Å². The molecule has 0 fully saturated rings. The van der Waals surface area contributed by atoms with E-state index in [1.54, 1.807) is 18.3 Å². The highest BCUT2D eigenvalue weighted by molar-refractivity contribution is 5.94. The monoisotopic (exact) mass is 358 g/mol. The van der Waals surface area contributed by atoms with Crippen LogP contribution in [0.4, 0.5) is 17.3 Å². The summed E-state index contributed by atoms with van der Waals surface area (Å²) in [5.41, 5.74) is 15.9. The fourth-order valence-corrected chi connectivity index (χ4v) is 2.90. The Morgan fingerprint density at radius 2 is 1.78 bits per heavy atom. The van der Waals surface area contributed by atoms with Gasteiger partial charge >= 0.3 is 0 Å². The number of hydrogen-bond acceptors (Lipinski definition) is 5. The number of anilines is 3. The number of aromatic amines is 1. The number of nitrogens with zero attached hydrogens (tertiary/aromatic N) is 2. The summed E-state index contributed by atoms with van der Waals surface area (Å²) in [6.07, 6.45) is 1.92. The number of hydrogen-bond donors (Lipinski definition) is 4. The van der Waals surface area contributed by atoms with E-state index < -0.39 is 0 Å². The summed E-state index contributed by atoms with van der Waals surface area (Å²) in [6, 6.07) is 16.8. The van der Waals surface area contributed by atoms with Gasteiger partial charge in [0.05, 0.1) is 11.9 Å². The number of carbonyl (C=O) groups is 1. The average Bonchev–Trinajstić information content (AvgIpc) is 3.04. The molecule has 4 rings (SSSR count). The Labute approximate surface area is 155 Å². The van der Waals surface area contributed by atoms with Crippen LogP contribution in [-0.4, -0.2) is 21.1 Å². The molecule has 27 heavy (non-hydrogen) atoms. The number of fused-ring (bicyclic) bond motifs is 1. The van der Waals surface area contributed by atoms with Crippen molar-refractivity contribution in [3.63, 3.8) is 0 Å². The maximum atomic E-state index is 12.3. The number of pyridine rings is 1. The molecule has 0 spiro atoms. The molecular weight excluding hydrogens is 340 g/mol. The Balaban J connectivity index is 1.53. The van der Waals surface area contributed by atoms with Crippen LogP contribution in [-0.2, 0) is 11.2 Å². The summed E-state index contributed by atoms with van der Waals surface area (Å²) in [5, 5.41) is 10.6. The number of nitrogens with two attached hydrogens (primary N) is 2. The molecule has 0 aliphatic carbocycles. The van der Waals surface area contributed by atoms with Gasteiger partial charge < -0.3 is 16.8 Å². The van der Waals surface area contributed by atoms with Crippen LogP contribution in [0.5, 0.6) is 0 Å². The predicted octanol–water partition coefficient (Wildman–Crippen LogP) is 2.97. The van der Waals surface area contributed by atoms with Gasteiger partial charge in [-0.3, -0.25) is 9.89 Å². The molecule has 0 saturated carbocycles. The molecule has 0 unspecified atom stereocenters. The maximum Gasteiger partial charge on any atom is 0.229 e. The SMILES string of the molecule is Nc1ccc(CC(=O)Nc2cc(-c3ccc4[nH]nc(N)c4c3)ccn2)cc1. The molecule has 4 aromatic rings. The second kappa shape index (κ2) is 6.80. The molecule has 7 heteroatoms. The van der Waals surface area contributed by atoms with E-state index in [1.165, 1.54) is 0 Å². The first-order chi connectivity index (χ1) is 13.1. The number of H-pyrrole nitrogens is 1. The number of rotatable bonds is 4. The second-order valence-corrected chi connectivity index (χ2v) is 6.27. The molecular formula is C20H18N6O. The van der Waals surface area contributed by atoms with Gasteiger partial charge in [-0.2, -0.15) is 5.10 Å². The van der Waals surface area contributed by atoms with Gasteiger partial charge in [0.1, 0.15) is 5.82 Å². The molecule has 0 saturated heterocycles. The van der Waals surface area contributed by atoms with Crippen molar-refractivity contribution in [3.8, 4) is 11.1 Å². The summed E-state index contributed by atoms with van der Waals surface area (Å²) in [6.45, 7) is 0. The first-order valence-electron chi connectivity index (χ1n) is 8.43. The Bertz CT molecular complexity index is 1120. The van der Waals surface area contributed by atoms with E-state index in [2.05, 4.69) is 20.5 Å². The largest absolute Gasteiger partial charge is 0.399 e. The molecule has 2 aromatic heterocycles. The minimum atomic E-state index is -0.140. The van der Waals surface area contributed by atoms with Gasteiger partial charge in [-0.05, 0) is 53.1 Å². The predicted molar refractivity (Wildman–Crippen MR) is 107 cm³/mol. The summed E-state index contributed by atoms with van der Waals surface area (Å²) in [4.78, 5) is 16.5. The molecule has 0 aliphatic heterocycles. The van der Waals surface area contributed by atoms with Crippen LogP contribution < -0.4 is 16.8 Å². The van der Waals surface area contributed by atoms with Crippen molar-refractivity contribution < 1.29 is 4.79 Å². The lowest BCUT2D eigenvalue weighted by Crippen LogP contribution is -2.15. The van der Waals surface area contributed by atoms with Crippen molar-refractivity contribution in [1.82, 2.24) is 15.2 Å². The number of aromatic nitrogens is 3. The van der Waals surface area contributed by atoms with E-state index in [9.17, 15) is 4.79 Å². The van der Waals surface area contributed by atoms with Gasteiger partial charge in [-0.25, -0.2) is 4.98 Å². The number of nitrogen functional groups attached to an aromatic ring is 2. The molecule has 0 bridgehead atoms. The van der Waals surface area contributed by atoms with E-state index in [4.69, 9.17) is 11.5 Å². The van der Waals surface area contributed by atoms with Crippen molar-refractivity contribution in [1.29, 1.82) is 0 Å². The van der Waals surface area contributed by atoms with Crippen LogP contribution in [0.25, 0.3) is 22.0 Å². The second-order valence-electron chi connectivity index (χ2n) is 6.27. The topological polar surface area (TPSA) is 123 Å². The maximum absolute atomic E-state index is 12.3. The van der Waals surface area contributed by atoms with Gasteiger partial charge in [-0.1, -0.05) is 18.2 Å². The van der Waals surface area contributed by atoms with Gasteiger partial charge in [-0.15, -0.1) is 0 Å². The van der Waals surface area contributed by atoms with Crippen LogP contribution in [0, 0.1) is 0 Å². The zero-order valence-corrected chi connectivity index (χ0v) is 14.4. The number of carbonyl (C=O) groups excluding carboxylic acids is 1. The van der Waals surface area contributed by atoms with E-state index in [1.807, 2.05) is 42.5 Å². The first kappa shape index (κ1) is 16.6. The molecule has 0 atom stereocenters. The quantitative estimate of drug-likeness (QED) is 0.418. The van der Waals surface area contributed by atoms with Gasteiger partial charge in [0.2, 0.25) is 5.91 Å². The Morgan fingerprint density at radius 3 is 2.59 bits per heavy atom. The minimum Gasteiger partial charge on any atom is -0.399 e. The third-order valence-corrected chi connectivity index (χ3v) is 4.30. The Kier molecular flexibility index (Phi) is 4.18. The lowest BCUT2D eigenvalue weighted by Gasteiger charge is -2.07. The van der Waals surface area contributed by atoms with Crippen molar-refractivity contribution >= 4 is 34.1 Å². The Hall–Kier alpha value is -3.87. The summed E-state index contributed by atoms with van der Waals surface area (Å²) >= 11 is 0. The molecule has 0 aliphatic rings. The van der Waals surface area contributed by atoms with E-state index in [0.29, 0.717) is 17.3 Å². The molecule has 134 valence electrons. The van der Waals surface area contributed by atoms with Crippen LogP contribution in [0.3, 0.4) is 0 Å². The number of amides is 1. The fourth-order valence-electron chi connectivity index (χ4n) is 2.90. The normalized spacial score (nSPS) is 10.8. The first-order valence-corrected chi connectivity index (χ1v) is 8.43. The van der Waals surface area contributed by atoms with Gasteiger partial charge in [0.15, 0.2) is 5.82 Å². The van der Waals surface area contributed by atoms with Crippen LogP contribution in [0.1, 0.15) is 5.56 Å².